The first-order chi connectivity index (χ1) is 13.9. The van der Waals surface area contributed by atoms with Crippen molar-refractivity contribution in [2.75, 3.05) is 14.2 Å². The van der Waals surface area contributed by atoms with Crippen molar-refractivity contribution in [1.82, 2.24) is 0 Å². The van der Waals surface area contributed by atoms with Crippen molar-refractivity contribution < 1.29 is 37.2 Å². The van der Waals surface area contributed by atoms with Crippen LogP contribution in [0.25, 0.3) is 0 Å². The van der Waals surface area contributed by atoms with Crippen LogP contribution >= 0.6 is 0 Å². The molecule has 6 nitrogen and oxygen atoms in total. The number of rotatable bonds is 6. The Hall–Kier alpha value is -1.16. The number of hydrogen-bond donors (Lipinski definition) is 0. The first-order valence-electron chi connectivity index (χ1n) is 10.0. The zero-order chi connectivity index (χ0) is 20.7. The molecule has 1 aliphatic carbocycles. The number of benzene rings is 1. The molecule has 2 saturated heterocycles. The van der Waals surface area contributed by atoms with Crippen LogP contribution < -0.4 is 0 Å². The molecule has 0 N–H and O–H groups in total. The third-order valence-electron chi connectivity index (χ3n) is 6.21. The summed E-state index contributed by atoms with van der Waals surface area (Å²) in [6.07, 6.45) is -2.74. The topological polar surface area (TPSA) is 55.4 Å². The zero-order valence-electron chi connectivity index (χ0n) is 16.9. The van der Waals surface area contributed by atoms with Gasteiger partial charge in [-0.1, -0.05) is 30.3 Å². The van der Waals surface area contributed by atoms with Crippen LogP contribution in [0.4, 0.5) is 8.78 Å². The van der Waals surface area contributed by atoms with Gasteiger partial charge in [-0.2, -0.15) is 0 Å². The van der Waals surface area contributed by atoms with Gasteiger partial charge < -0.3 is 28.4 Å². The van der Waals surface area contributed by atoms with Crippen molar-refractivity contribution in [2.45, 2.75) is 81.3 Å². The molecule has 7 atom stereocenters. The molecule has 0 bridgehead atoms. The van der Waals surface area contributed by atoms with Gasteiger partial charge in [-0.3, -0.25) is 0 Å². The summed E-state index contributed by atoms with van der Waals surface area (Å²) in [6.45, 7) is 1.53. The van der Waals surface area contributed by atoms with Crippen molar-refractivity contribution >= 4 is 0 Å². The van der Waals surface area contributed by atoms with Gasteiger partial charge in [-0.05, 0) is 25.3 Å². The second-order valence-corrected chi connectivity index (χ2v) is 7.88. The Balaban J connectivity index is 1.57. The van der Waals surface area contributed by atoms with Crippen LogP contribution in [0.1, 0.15) is 38.2 Å². The monoisotopic (exact) mass is 414 g/mol. The maximum atomic E-state index is 15.9. The van der Waals surface area contributed by atoms with Gasteiger partial charge in [0.2, 0.25) is 11.6 Å². The molecular formula is C21H28F2O6. The molecule has 0 amide bonds. The van der Waals surface area contributed by atoms with E-state index < -0.39 is 42.1 Å². The van der Waals surface area contributed by atoms with Crippen LogP contribution in [-0.4, -0.2) is 56.3 Å². The minimum atomic E-state index is -2.83. The predicted octanol–water partition coefficient (Wildman–Crippen LogP) is 3.63. The third kappa shape index (κ3) is 3.30. The number of ether oxygens (including phenoxy) is 6. The van der Waals surface area contributed by atoms with E-state index >= 15 is 8.78 Å². The molecule has 2 aliphatic heterocycles. The molecule has 0 aromatic heterocycles. The number of methoxy groups -OCH3 is 2. The van der Waals surface area contributed by atoms with Crippen molar-refractivity contribution in [2.24, 2.45) is 0 Å². The summed E-state index contributed by atoms with van der Waals surface area (Å²) in [6, 6.07) is 8.98. The van der Waals surface area contributed by atoms with Gasteiger partial charge in [0.05, 0.1) is 12.7 Å². The largest absolute Gasteiger partial charge is 0.349 e. The van der Waals surface area contributed by atoms with Crippen molar-refractivity contribution in [3.63, 3.8) is 0 Å². The second-order valence-electron chi connectivity index (χ2n) is 7.88. The average Bonchev–Trinajstić information content (AvgIpc) is 3.00. The summed E-state index contributed by atoms with van der Waals surface area (Å²) in [5, 5.41) is 0. The van der Waals surface area contributed by atoms with Gasteiger partial charge >= 0.3 is 0 Å². The summed E-state index contributed by atoms with van der Waals surface area (Å²) in [5.74, 6) is -5.37. The van der Waals surface area contributed by atoms with Crippen molar-refractivity contribution in [3.8, 4) is 0 Å². The molecule has 0 spiro atoms. The van der Waals surface area contributed by atoms with Crippen molar-refractivity contribution in [3.05, 3.63) is 35.9 Å². The lowest BCUT2D eigenvalue weighted by molar-refractivity contribution is -0.476. The minimum Gasteiger partial charge on any atom is -0.349 e. The number of alkyl halides is 2. The summed E-state index contributed by atoms with van der Waals surface area (Å²) in [5.41, 5.74) is 0.723. The highest BCUT2D eigenvalue weighted by atomic mass is 19.2. The van der Waals surface area contributed by atoms with Gasteiger partial charge in [0.25, 0.3) is 12.2 Å². The molecule has 0 radical (unpaired) electrons. The Bertz CT molecular complexity index is 708. The first-order valence-corrected chi connectivity index (χ1v) is 10.0. The minimum absolute atomic E-state index is 0.0961. The fourth-order valence-electron chi connectivity index (χ4n) is 4.66. The SMILES string of the molecule is CO[C@@]12CCCC[C@@]1(OC)O[C@@H]1[C@@H](O2)[C@@H](C)O[C@@]1(F)C(F)OCc1ccccc1. The van der Waals surface area contributed by atoms with Crippen LogP contribution in [0.15, 0.2) is 30.3 Å². The highest BCUT2D eigenvalue weighted by Gasteiger charge is 2.72. The molecule has 1 saturated carbocycles. The lowest BCUT2D eigenvalue weighted by atomic mass is 9.84. The summed E-state index contributed by atoms with van der Waals surface area (Å²) in [7, 11) is 2.97. The quantitative estimate of drug-likeness (QED) is 0.709. The van der Waals surface area contributed by atoms with Crippen LogP contribution in [0.5, 0.6) is 0 Å². The third-order valence-corrected chi connectivity index (χ3v) is 6.21. The van der Waals surface area contributed by atoms with E-state index in [-0.39, 0.29) is 6.61 Å². The van der Waals surface area contributed by atoms with E-state index in [2.05, 4.69) is 0 Å². The molecule has 1 aromatic rings. The molecule has 3 aliphatic rings. The Morgan fingerprint density at radius 3 is 2.28 bits per heavy atom. The van der Waals surface area contributed by atoms with Gasteiger partial charge in [0.15, 0.2) is 6.10 Å². The predicted molar refractivity (Wildman–Crippen MR) is 98.2 cm³/mol. The molecule has 2 heterocycles. The second kappa shape index (κ2) is 7.83. The van der Waals surface area contributed by atoms with E-state index in [1.165, 1.54) is 14.2 Å². The highest BCUT2D eigenvalue weighted by molar-refractivity contribution is 5.14. The highest BCUT2D eigenvalue weighted by Crippen LogP contribution is 2.54. The fourth-order valence-corrected chi connectivity index (χ4v) is 4.66. The zero-order valence-corrected chi connectivity index (χ0v) is 16.9. The number of fused-ring (bicyclic) bond motifs is 2. The van der Waals surface area contributed by atoms with Crippen LogP contribution in [-0.2, 0) is 35.0 Å². The van der Waals surface area contributed by atoms with Gasteiger partial charge in [-0.25, -0.2) is 8.78 Å². The number of hydrogen-bond acceptors (Lipinski definition) is 6. The van der Waals surface area contributed by atoms with E-state index in [9.17, 15) is 0 Å². The Kier molecular flexibility index (Phi) is 5.69. The lowest BCUT2D eigenvalue weighted by Gasteiger charge is -2.56. The molecule has 1 aromatic carbocycles. The number of halogens is 2. The first kappa shape index (κ1) is 21.1. The molecule has 4 rings (SSSR count). The molecular weight excluding hydrogens is 386 g/mol. The lowest BCUT2D eigenvalue weighted by Crippen LogP contribution is -2.71. The summed E-state index contributed by atoms with van der Waals surface area (Å²) < 4.78 is 65.2. The van der Waals surface area contributed by atoms with Crippen molar-refractivity contribution in [1.29, 1.82) is 0 Å². The fraction of sp³-hybridized carbons (Fsp3) is 0.714. The Morgan fingerprint density at radius 1 is 1.03 bits per heavy atom. The Morgan fingerprint density at radius 2 is 1.66 bits per heavy atom. The summed E-state index contributed by atoms with van der Waals surface area (Å²) >= 11 is 0. The van der Waals surface area contributed by atoms with E-state index in [4.69, 9.17) is 28.4 Å². The smallest absolute Gasteiger partial charge is 0.295 e. The molecule has 8 heteroatoms. The van der Waals surface area contributed by atoms with Gasteiger partial charge in [-0.15, -0.1) is 0 Å². The van der Waals surface area contributed by atoms with E-state index in [0.717, 1.165) is 18.4 Å². The molecule has 3 fully saturated rings. The molecule has 162 valence electrons. The normalized spacial score (nSPS) is 42.9. The maximum Gasteiger partial charge on any atom is 0.295 e. The Labute approximate surface area is 169 Å². The van der Waals surface area contributed by atoms with Gasteiger partial charge in [0, 0.05) is 27.1 Å². The van der Waals surface area contributed by atoms with Crippen LogP contribution in [0.2, 0.25) is 0 Å². The van der Waals surface area contributed by atoms with E-state index in [1.807, 2.05) is 6.07 Å². The molecule has 1 unspecified atom stereocenters. The summed E-state index contributed by atoms with van der Waals surface area (Å²) in [4.78, 5) is 0. The van der Waals surface area contributed by atoms with E-state index in [1.54, 1.807) is 31.2 Å². The molecule has 29 heavy (non-hydrogen) atoms. The van der Waals surface area contributed by atoms with E-state index in [0.29, 0.717) is 12.8 Å². The standard InChI is InChI=1S/C21H28F2O6/c1-14-16-17(29-20(25-3)12-8-7-11-19(20,24-2)28-16)21(23,27-14)18(22)26-13-15-9-5-4-6-10-15/h4-6,9-10,14,16-18H,7-8,11-13H2,1-3H3/t14-,16+,17-,18?,19-,20-,21-/m1/s1. The average molecular weight is 414 g/mol. The maximum absolute atomic E-state index is 15.9. The van der Waals surface area contributed by atoms with Crippen LogP contribution in [0, 0.1) is 0 Å². The van der Waals surface area contributed by atoms with Gasteiger partial charge in [0.1, 0.15) is 6.10 Å². The van der Waals surface area contributed by atoms with Crippen LogP contribution in [0.3, 0.4) is 0 Å².